The highest BCUT2D eigenvalue weighted by molar-refractivity contribution is 7.21. The van der Waals surface area contributed by atoms with Crippen LogP contribution in [0.1, 0.15) is 18.4 Å². The number of hydrogen-bond donors (Lipinski definition) is 2. The fraction of sp³-hybridized carbons (Fsp3) is 0.229. The number of aryl methyl sites for hydroxylation is 1. The van der Waals surface area contributed by atoms with Gasteiger partial charge in [-0.25, -0.2) is 19.5 Å². The summed E-state index contributed by atoms with van der Waals surface area (Å²) in [5.41, 5.74) is 5.39. The van der Waals surface area contributed by atoms with E-state index in [9.17, 15) is 4.79 Å². The van der Waals surface area contributed by atoms with Gasteiger partial charge in [-0.1, -0.05) is 12.6 Å². The first-order valence-electron chi connectivity index (χ1n) is 15.7. The lowest BCUT2D eigenvalue weighted by molar-refractivity contribution is -0.111. The zero-order valence-corrected chi connectivity index (χ0v) is 26.7. The molecule has 2 fully saturated rings. The van der Waals surface area contributed by atoms with Crippen LogP contribution in [0.4, 0.5) is 22.9 Å². The largest absolute Gasteiger partial charge is 0.457 e. The molecule has 1 aliphatic carbocycles. The number of nitrogens with zero attached hydrogens (tertiary/aromatic N) is 7. The maximum Gasteiger partial charge on any atom is 0.247 e. The standard InChI is InChI=1S/C35H33N9O2S/c1-3-33(45)41-28-17-23(4-8-29(28)43-14-12-42(13-15-43)25-6-7-25)31-19-27-34(37-20-38-35(27)47-31)40-24-5-9-30(22(2)16-24)46-26-10-11-44-32(18-26)36-21-39-44/h3-5,8-11,16-21,25H,1,6-7,12-15H2,2H3,(H,41,45)(H,37,38,40). The number of anilines is 4. The molecule has 0 bridgehead atoms. The van der Waals surface area contributed by atoms with E-state index in [1.54, 1.807) is 22.2 Å². The van der Waals surface area contributed by atoms with Crippen LogP contribution in [0.5, 0.6) is 11.5 Å². The maximum atomic E-state index is 12.5. The second-order valence-electron chi connectivity index (χ2n) is 11.9. The Kier molecular flexibility index (Phi) is 7.50. The highest BCUT2D eigenvalue weighted by Gasteiger charge is 2.31. The third kappa shape index (κ3) is 6.00. The van der Waals surface area contributed by atoms with Crippen LogP contribution in [0.3, 0.4) is 0 Å². The van der Waals surface area contributed by atoms with Gasteiger partial charge in [-0.15, -0.1) is 11.3 Å². The van der Waals surface area contributed by atoms with E-state index in [1.165, 1.54) is 25.2 Å². The predicted molar refractivity (Wildman–Crippen MR) is 186 cm³/mol. The number of amides is 1. The summed E-state index contributed by atoms with van der Waals surface area (Å²) in [7, 11) is 0. The van der Waals surface area contributed by atoms with Crippen molar-refractivity contribution in [2.24, 2.45) is 0 Å². The number of benzene rings is 2. The second kappa shape index (κ2) is 12.1. The van der Waals surface area contributed by atoms with Crippen molar-refractivity contribution < 1.29 is 9.53 Å². The number of hydrogen-bond acceptors (Lipinski definition) is 10. The van der Waals surface area contributed by atoms with Crippen LogP contribution in [0, 0.1) is 6.92 Å². The molecule has 11 nitrogen and oxygen atoms in total. The molecule has 2 N–H and O–H groups in total. The Morgan fingerprint density at radius 2 is 1.87 bits per heavy atom. The van der Waals surface area contributed by atoms with Crippen molar-refractivity contribution in [3.63, 3.8) is 0 Å². The minimum atomic E-state index is -0.225. The number of pyridine rings is 1. The summed E-state index contributed by atoms with van der Waals surface area (Å²) in [6, 6.07) is 18.8. The molecule has 5 heterocycles. The van der Waals surface area contributed by atoms with Gasteiger partial charge in [-0.05, 0) is 79.4 Å². The molecule has 1 saturated carbocycles. The summed E-state index contributed by atoms with van der Waals surface area (Å²) < 4.78 is 7.84. The molecule has 6 aromatic rings. The van der Waals surface area contributed by atoms with Crippen LogP contribution >= 0.6 is 11.3 Å². The van der Waals surface area contributed by atoms with Crippen molar-refractivity contribution >= 4 is 56.0 Å². The monoisotopic (exact) mass is 643 g/mol. The van der Waals surface area contributed by atoms with Gasteiger partial charge in [0.2, 0.25) is 5.91 Å². The van der Waals surface area contributed by atoms with E-state index in [-0.39, 0.29) is 5.91 Å². The lowest BCUT2D eigenvalue weighted by Gasteiger charge is -2.37. The van der Waals surface area contributed by atoms with Crippen LogP contribution in [-0.4, -0.2) is 67.6 Å². The van der Waals surface area contributed by atoms with E-state index in [0.717, 1.165) is 86.9 Å². The van der Waals surface area contributed by atoms with E-state index in [1.807, 2.05) is 43.5 Å². The molecule has 47 heavy (non-hydrogen) atoms. The van der Waals surface area contributed by atoms with Gasteiger partial charge < -0.3 is 20.3 Å². The number of aromatic nitrogens is 5. The number of thiophene rings is 1. The number of piperazine rings is 1. The second-order valence-corrected chi connectivity index (χ2v) is 12.9. The molecule has 2 aliphatic rings. The molecule has 0 spiro atoms. The smallest absolute Gasteiger partial charge is 0.247 e. The van der Waals surface area contributed by atoms with E-state index >= 15 is 0 Å². The fourth-order valence-corrected chi connectivity index (χ4v) is 7.07. The number of ether oxygens (including phenoxy) is 1. The molecule has 236 valence electrons. The van der Waals surface area contributed by atoms with Crippen LogP contribution in [0.15, 0.2) is 86.1 Å². The Morgan fingerprint density at radius 3 is 2.68 bits per heavy atom. The average Bonchev–Trinajstić information content (AvgIpc) is 3.67. The molecule has 1 aliphatic heterocycles. The van der Waals surface area contributed by atoms with Crippen LogP contribution in [0.2, 0.25) is 0 Å². The Bertz CT molecular complexity index is 2130. The molecule has 1 amide bonds. The number of carbonyl (C=O) groups is 1. The van der Waals surface area contributed by atoms with E-state index < -0.39 is 0 Å². The zero-order valence-electron chi connectivity index (χ0n) is 25.9. The Balaban J connectivity index is 1.03. The summed E-state index contributed by atoms with van der Waals surface area (Å²) in [6.07, 6.45) is 8.86. The van der Waals surface area contributed by atoms with Gasteiger partial charge >= 0.3 is 0 Å². The average molecular weight is 644 g/mol. The minimum Gasteiger partial charge on any atom is -0.457 e. The molecular weight excluding hydrogens is 611 g/mol. The summed E-state index contributed by atoms with van der Waals surface area (Å²) in [6.45, 7) is 9.63. The Morgan fingerprint density at radius 1 is 1.00 bits per heavy atom. The zero-order chi connectivity index (χ0) is 31.9. The third-order valence-electron chi connectivity index (χ3n) is 8.69. The lowest BCUT2D eigenvalue weighted by atomic mass is 10.1. The first-order chi connectivity index (χ1) is 23.0. The normalized spacial score (nSPS) is 15.2. The molecule has 0 atom stereocenters. The summed E-state index contributed by atoms with van der Waals surface area (Å²) >= 11 is 1.59. The third-order valence-corrected chi connectivity index (χ3v) is 9.78. The number of nitrogens with one attached hydrogen (secondary N) is 2. The first-order valence-corrected chi connectivity index (χ1v) is 16.5. The Hall–Kier alpha value is -5.33. The summed E-state index contributed by atoms with van der Waals surface area (Å²) in [5.74, 6) is 1.93. The van der Waals surface area contributed by atoms with Crippen LogP contribution < -0.4 is 20.3 Å². The lowest BCUT2D eigenvalue weighted by Crippen LogP contribution is -2.47. The van der Waals surface area contributed by atoms with Crippen LogP contribution in [-0.2, 0) is 4.79 Å². The van der Waals surface area contributed by atoms with Crippen molar-refractivity contribution in [3.8, 4) is 21.9 Å². The number of fused-ring (bicyclic) bond motifs is 2. The minimum absolute atomic E-state index is 0.225. The van der Waals surface area contributed by atoms with Gasteiger partial charge in [0, 0.05) is 55.0 Å². The van der Waals surface area contributed by atoms with Gasteiger partial charge in [-0.3, -0.25) is 9.69 Å². The molecular formula is C35H33N9O2S. The van der Waals surface area contributed by atoms with Gasteiger partial charge in [-0.2, -0.15) is 5.10 Å². The van der Waals surface area contributed by atoms with Gasteiger partial charge in [0.1, 0.15) is 34.8 Å². The number of carbonyl (C=O) groups excluding carboxylic acids is 1. The molecule has 0 unspecified atom stereocenters. The number of rotatable bonds is 9. The van der Waals surface area contributed by atoms with Gasteiger partial charge in [0.15, 0.2) is 5.65 Å². The maximum absolute atomic E-state index is 12.5. The van der Waals surface area contributed by atoms with E-state index in [4.69, 9.17) is 4.74 Å². The fourth-order valence-electron chi connectivity index (χ4n) is 6.08. The van der Waals surface area contributed by atoms with Crippen molar-refractivity contribution in [1.29, 1.82) is 0 Å². The van der Waals surface area contributed by atoms with Crippen molar-refractivity contribution in [2.75, 3.05) is 41.7 Å². The highest BCUT2D eigenvalue weighted by atomic mass is 32.1. The molecule has 0 radical (unpaired) electrons. The molecule has 8 rings (SSSR count). The summed E-state index contributed by atoms with van der Waals surface area (Å²) in [5, 5.41) is 11.6. The Labute approximate surface area is 275 Å². The van der Waals surface area contributed by atoms with E-state index in [0.29, 0.717) is 11.6 Å². The predicted octanol–water partition coefficient (Wildman–Crippen LogP) is 6.65. The molecule has 1 saturated heterocycles. The summed E-state index contributed by atoms with van der Waals surface area (Å²) in [4.78, 5) is 32.7. The SMILES string of the molecule is C=CC(=O)Nc1cc(-c2cc3c(Nc4ccc(Oc5ccn6ncnc6c5)c(C)c4)ncnc3s2)ccc1N1CCN(C2CC2)CC1. The van der Waals surface area contributed by atoms with Crippen molar-refractivity contribution in [2.45, 2.75) is 25.8 Å². The highest BCUT2D eigenvalue weighted by Crippen LogP contribution is 2.40. The molecule has 12 heteroatoms. The van der Waals surface area contributed by atoms with Crippen molar-refractivity contribution in [1.82, 2.24) is 29.5 Å². The quantitative estimate of drug-likeness (QED) is 0.167. The molecule has 2 aromatic carbocycles. The van der Waals surface area contributed by atoms with E-state index in [2.05, 4.69) is 71.3 Å². The van der Waals surface area contributed by atoms with Gasteiger partial charge in [0.05, 0.1) is 16.8 Å². The molecule has 4 aromatic heterocycles. The van der Waals surface area contributed by atoms with Gasteiger partial charge in [0.25, 0.3) is 0 Å². The van der Waals surface area contributed by atoms with Crippen LogP contribution in [0.25, 0.3) is 26.3 Å². The van der Waals surface area contributed by atoms with Crippen molar-refractivity contribution in [3.05, 3.63) is 91.7 Å². The topological polar surface area (TPSA) is 113 Å². The first kappa shape index (κ1) is 29.1.